The van der Waals surface area contributed by atoms with Gasteiger partial charge >= 0.3 is 6.61 Å². The van der Waals surface area contributed by atoms with E-state index in [1.54, 1.807) is 20.2 Å². The molecule has 0 aliphatic heterocycles. The molecule has 0 bridgehead atoms. The highest BCUT2D eigenvalue weighted by atomic mass is 35.5. The minimum atomic E-state index is -2.88. The molecule has 0 spiro atoms. The van der Waals surface area contributed by atoms with Crippen LogP contribution in [-0.2, 0) is 11.3 Å². The van der Waals surface area contributed by atoms with Crippen molar-refractivity contribution in [3.8, 4) is 5.75 Å². The third kappa shape index (κ3) is 8.31. The van der Waals surface area contributed by atoms with Gasteiger partial charge in [0.25, 0.3) is 0 Å². The summed E-state index contributed by atoms with van der Waals surface area (Å²) >= 11 is 5.92. The third-order valence-electron chi connectivity index (χ3n) is 3.23. The van der Waals surface area contributed by atoms with Crippen LogP contribution in [0.5, 0.6) is 5.75 Å². The van der Waals surface area contributed by atoms with E-state index >= 15 is 0 Å². The summed E-state index contributed by atoms with van der Waals surface area (Å²) in [6.07, 6.45) is 3.06. The molecular weight excluding hydrogens is 340 g/mol. The predicted molar refractivity (Wildman–Crippen MR) is 92.0 cm³/mol. The number of nitrogens with one attached hydrogen (secondary N) is 2. The van der Waals surface area contributed by atoms with Crippen molar-refractivity contribution in [2.75, 3.05) is 27.3 Å². The summed E-state index contributed by atoms with van der Waals surface area (Å²) in [5.41, 5.74) is 0.533. The lowest BCUT2D eigenvalue weighted by Crippen LogP contribution is -2.37. The molecule has 1 rings (SSSR count). The van der Waals surface area contributed by atoms with E-state index in [0.29, 0.717) is 16.5 Å². The SMILES string of the molecule is CN=C(NCCCCCOC)NCc1cc(Cl)ccc1OC(F)F. The zero-order chi connectivity index (χ0) is 17.8. The van der Waals surface area contributed by atoms with E-state index in [1.165, 1.54) is 12.1 Å². The fourth-order valence-corrected chi connectivity index (χ4v) is 2.25. The number of halogens is 3. The van der Waals surface area contributed by atoms with E-state index in [2.05, 4.69) is 20.4 Å². The van der Waals surface area contributed by atoms with Crippen LogP contribution in [-0.4, -0.2) is 39.9 Å². The Bertz CT molecular complexity index is 516. The van der Waals surface area contributed by atoms with Crippen molar-refractivity contribution >= 4 is 17.6 Å². The summed E-state index contributed by atoms with van der Waals surface area (Å²) in [4.78, 5) is 4.10. The molecule has 0 aromatic heterocycles. The number of hydrogen-bond donors (Lipinski definition) is 2. The average molecular weight is 364 g/mol. The predicted octanol–water partition coefficient (Wildman–Crippen LogP) is 3.42. The first-order valence-corrected chi connectivity index (χ1v) is 8.11. The number of rotatable bonds is 10. The normalized spacial score (nSPS) is 11.7. The summed E-state index contributed by atoms with van der Waals surface area (Å²) in [6, 6.07) is 4.53. The number of guanidine groups is 1. The number of alkyl halides is 2. The highest BCUT2D eigenvalue weighted by molar-refractivity contribution is 6.30. The Labute approximate surface area is 146 Å². The molecule has 0 amide bonds. The summed E-state index contributed by atoms with van der Waals surface area (Å²) in [5, 5.41) is 6.68. The first-order valence-electron chi connectivity index (χ1n) is 7.73. The molecule has 136 valence electrons. The number of aliphatic imine (C=N–C) groups is 1. The van der Waals surface area contributed by atoms with Gasteiger partial charge in [0.05, 0.1) is 0 Å². The molecular formula is C16H24ClF2N3O2. The molecule has 2 N–H and O–H groups in total. The van der Waals surface area contributed by atoms with Crippen LogP contribution in [0.2, 0.25) is 5.02 Å². The van der Waals surface area contributed by atoms with Crippen LogP contribution in [0, 0.1) is 0 Å². The van der Waals surface area contributed by atoms with Crippen molar-refractivity contribution < 1.29 is 18.3 Å². The van der Waals surface area contributed by atoms with E-state index < -0.39 is 6.61 Å². The van der Waals surface area contributed by atoms with Crippen molar-refractivity contribution in [1.29, 1.82) is 0 Å². The van der Waals surface area contributed by atoms with Gasteiger partial charge < -0.3 is 20.1 Å². The summed E-state index contributed by atoms with van der Waals surface area (Å²) in [5.74, 6) is 0.682. The van der Waals surface area contributed by atoms with Crippen LogP contribution >= 0.6 is 11.6 Å². The number of benzene rings is 1. The van der Waals surface area contributed by atoms with Gasteiger partial charge in [0.2, 0.25) is 0 Å². The Morgan fingerprint density at radius 2 is 2.04 bits per heavy atom. The molecule has 0 fully saturated rings. The van der Waals surface area contributed by atoms with Gasteiger partial charge in [0.1, 0.15) is 5.75 Å². The Balaban J connectivity index is 2.46. The van der Waals surface area contributed by atoms with E-state index in [0.717, 1.165) is 32.4 Å². The van der Waals surface area contributed by atoms with Gasteiger partial charge in [0.15, 0.2) is 5.96 Å². The van der Waals surface area contributed by atoms with Crippen molar-refractivity contribution in [3.63, 3.8) is 0 Å². The second-order valence-electron chi connectivity index (χ2n) is 5.04. The van der Waals surface area contributed by atoms with Gasteiger partial charge in [0, 0.05) is 44.4 Å². The second kappa shape index (κ2) is 11.9. The highest BCUT2D eigenvalue weighted by Gasteiger charge is 2.10. The molecule has 5 nitrogen and oxygen atoms in total. The average Bonchev–Trinajstić information content (AvgIpc) is 2.55. The lowest BCUT2D eigenvalue weighted by atomic mass is 10.2. The zero-order valence-electron chi connectivity index (χ0n) is 13.9. The Morgan fingerprint density at radius 3 is 2.71 bits per heavy atom. The van der Waals surface area contributed by atoms with Crippen LogP contribution < -0.4 is 15.4 Å². The van der Waals surface area contributed by atoms with Crippen LogP contribution in [0.15, 0.2) is 23.2 Å². The molecule has 0 saturated carbocycles. The molecule has 1 aromatic carbocycles. The summed E-state index contributed by atoms with van der Waals surface area (Å²) < 4.78 is 34.4. The molecule has 1 aromatic rings. The van der Waals surface area contributed by atoms with E-state index in [1.807, 2.05) is 0 Å². The molecule has 0 atom stereocenters. The lowest BCUT2D eigenvalue weighted by molar-refractivity contribution is -0.0504. The molecule has 0 radical (unpaired) electrons. The number of nitrogens with zero attached hydrogens (tertiary/aromatic N) is 1. The Hall–Kier alpha value is -1.60. The molecule has 0 aliphatic carbocycles. The van der Waals surface area contributed by atoms with Crippen molar-refractivity contribution in [2.45, 2.75) is 32.4 Å². The van der Waals surface area contributed by atoms with E-state index in [4.69, 9.17) is 16.3 Å². The van der Waals surface area contributed by atoms with Crippen molar-refractivity contribution in [3.05, 3.63) is 28.8 Å². The number of unbranched alkanes of at least 4 members (excludes halogenated alkanes) is 2. The first-order chi connectivity index (χ1) is 11.6. The van der Waals surface area contributed by atoms with E-state index in [9.17, 15) is 8.78 Å². The molecule has 0 aliphatic rings. The maximum absolute atomic E-state index is 12.4. The fraction of sp³-hybridized carbons (Fsp3) is 0.562. The first kappa shape index (κ1) is 20.4. The van der Waals surface area contributed by atoms with E-state index in [-0.39, 0.29) is 12.3 Å². The number of methoxy groups -OCH3 is 1. The van der Waals surface area contributed by atoms with Gasteiger partial charge in [-0.15, -0.1) is 0 Å². The van der Waals surface area contributed by atoms with Gasteiger partial charge in [-0.1, -0.05) is 11.6 Å². The molecule has 0 unspecified atom stereocenters. The Kier molecular flexibility index (Phi) is 10.1. The smallest absolute Gasteiger partial charge is 0.387 e. The number of hydrogen-bond acceptors (Lipinski definition) is 3. The monoisotopic (exact) mass is 363 g/mol. The largest absolute Gasteiger partial charge is 0.434 e. The molecule has 0 saturated heterocycles. The van der Waals surface area contributed by atoms with Gasteiger partial charge in [-0.25, -0.2) is 0 Å². The van der Waals surface area contributed by atoms with Gasteiger partial charge in [-0.2, -0.15) is 8.78 Å². The van der Waals surface area contributed by atoms with Gasteiger partial charge in [-0.3, -0.25) is 4.99 Å². The zero-order valence-corrected chi connectivity index (χ0v) is 14.7. The maximum Gasteiger partial charge on any atom is 0.387 e. The second-order valence-corrected chi connectivity index (χ2v) is 5.47. The molecule has 8 heteroatoms. The number of ether oxygens (including phenoxy) is 2. The minimum absolute atomic E-state index is 0.0944. The Morgan fingerprint density at radius 1 is 1.25 bits per heavy atom. The van der Waals surface area contributed by atoms with Crippen LogP contribution in [0.4, 0.5) is 8.78 Å². The standard InChI is InChI=1S/C16H24ClF2N3O2/c1-20-16(21-8-4-3-5-9-23-2)22-11-12-10-13(17)6-7-14(12)24-15(18)19/h6-7,10,15H,3-5,8-9,11H2,1-2H3,(H2,20,21,22). The summed E-state index contributed by atoms with van der Waals surface area (Å²) in [7, 11) is 3.33. The minimum Gasteiger partial charge on any atom is -0.434 e. The molecule has 24 heavy (non-hydrogen) atoms. The van der Waals surface area contributed by atoms with Crippen molar-refractivity contribution in [2.24, 2.45) is 4.99 Å². The van der Waals surface area contributed by atoms with Gasteiger partial charge in [-0.05, 0) is 37.5 Å². The van der Waals surface area contributed by atoms with Crippen molar-refractivity contribution in [1.82, 2.24) is 10.6 Å². The fourth-order valence-electron chi connectivity index (χ4n) is 2.05. The quantitative estimate of drug-likeness (QED) is 0.380. The van der Waals surface area contributed by atoms with Crippen LogP contribution in [0.3, 0.4) is 0 Å². The third-order valence-corrected chi connectivity index (χ3v) is 3.46. The lowest BCUT2D eigenvalue weighted by Gasteiger charge is -2.15. The van der Waals surface area contributed by atoms with Crippen LogP contribution in [0.25, 0.3) is 0 Å². The highest BCUT2D eigenvalue weighted by Crippen LogP contribution is 2.24. The van der Waals surface area contributed by atoms with Crippen LogP contribution in [0.1, 0.15) is 24.8 Å². The summed E-state index contributed by atoms with van der Waals surface area (Å²) in [6.45, 7) is -1.09. The molecule has 0 heterocycles. The topological polar surface area (TPSA) is 54.9 Å². The maximum atomic E-state index is 12.4.